The van der Waals surface area contributed by atoms with Gasteiger partial charge in [-0.05, 0) is 48.4 Å². The molecular weight excluding hydrogens is 345 g/mol. The third-order valence-electron chi connectivity index (χ3n) is 3.79. The molecule has 1 N–H and O–H groups in total. The van der Waals surface area contributed by atoms with Crippen molar-refractivity contribution in [2.45, 2.75) is 13.0 Å². The smallest absolute Gasteiger partial charge is 0.244 e. The molecule has 3 aromatic rings. The van der Waals surface area contributed by atoms with Crippen LogP contribution in [0.4, 0.5) is 4.39 Å². The Balaban J connectivity index is 1.61. The van der Waals surface area contributed by atoms with Crippen molar-refractivity contribution in [2.24, 2.45) is 0 Å². The largest absolute Gasteiger partial charge is 0.454 e. The van der Waals surface area contributed by atoms with Gasteiger partial charge in [-0.3, -0.25) is 4.79 Å². The van der Waals surface area contributed by atoms with Gasteiger partial charge in [0.15, 0.2) is 5.75 Å². The van der Waals surface area contributed by atoms with E-state index < -0.39 is 0 Å². The molecule has 0 aliphatic heterocycles. The number of nitrogens with zero attached hydrogens (tertiary/aromatic N) is 2. The highest BCUT2D eigenvalue weighted by Crippen LogP contribution is 2.23. The van der Waals surface area contributed by atoms with Crippen molar-refractivity contribution in [1.29, 1.82) is 0 Å². The molecular formula is C21H18FN3O2. The minimum absolute atomic E-state index is 0.217. The summed E-state index contributed by atoms with van der Waals surface area (Å²) < 4.78 is 18.6. The van der Waals surface area contributed by atoms with Crippen LogP contribution in [-0.2, 0) is 4.79 Å². The summed E-state index contributed by atoms with van der Waals surface area (Å²) in [5.74, 6) is 0.614. The third-order valence-corrected chi connectivity index (χ3v) is 3.79. The van der Waals surface area contributed by atoms with Gasteiger partial charge in [-0.2, -0.15) is 0 Å². The molecule has 3 rings (SSSR count). The number of hydrogen-bond donors (Lipinski definition) is 1. The van der Waals surface area contributed by atoms with Crippen molar-refractivity contribution in [3.63, 3.8) is 0 Å². The Hall–Kier alpha value is -3.54. The number of benzene rings is 2. The number of nitrogens with one attached hydrogen (secondary N) is 1. The van der Waals surface area contributed by atoms with E-state index in [2.05, 4.69) is 15.3 Å². The van der Waals surface area contributed by atoms with Crippen LogP contribution in [-0.4, -0.2) is 15.9 Å². The summed E-state index contributed by atoms with van der Waals surface area (Å²) in [7, 11) is 0. The fourth-order valence-corrected chi connectivity index (χ4v) is 2.41. The maximum Gasteiger partial charge on any atom is 0.244 e. The highest BCUT2D eigenvalue weighted by atomic mass is 19.1. The predicted molar refractivity (Wildman–Crippen MR) is 101 cm³/mol. The SMILES string of the molecule is C[C@H](NC(=O)/C=C/c1ccc(F)cc1)c1cccc(Oc2cncnc2)c1. The Bertz CT molecular complexity index is 928. The van der Waals surface area contributed by atoms with Crippen molar-refractivity contribution in [1.82, 2.24) is 15.3 Å². The van der Waals surface area contributed by atoms with E-state index in [1.807, 2.05) is 31.2 Å². The molecule has 1 amide bonds. The third kappa shape index (κ3) is 5.47. The van der Waals surface area contributed by atoms with Crippen LogP contribution < -0.4 is 10.1 Å². The molecule has 5 nitrogen and oxygen atoms in total. The van der Waals surface area contributed by atoms with Crippen molar-refractivity contribution in [3.8, 4) is 11.5 Å². The molecule has 2 aromatic carbocycles. The van der Waals surface area contributed by atoms with Gasteiger partial charge in [0.2, 0.25) is 5.91 Å². The Kier molecular flexibility index (Phi) is 5.89. The van der Waals surface area contributed by atoms with E-state index in [4.69, 9.17) is 4.74 Å². The minimum atomic E-state index is -0.311. The van der Waals surface area contributed by atoms with Crippen molar-refractivity contribution >= 4 is 12.0 Å². The summed E-state index contributed by atoms with van der Waals surface area (Å²) in [6, 6.07) is 13.1. The average molecular weight is 363 g/mol. The molecule has 0 bridgehead atoms. The van der Waals surface area contributed by atoms with Crippen LogP contribution in [0.2, 0.25) is 0 Å². The fraction of sp³-hybridized carbons (Fsp3) is 0.0952. The summed E-state index contributed by atoms with van der Waals surface area (Å²) in [5, 5.41) is 2.89. The van der Waals surface area contributed by atoms with E-state index in [1.54, 1.807) is 30.6 Å². The van der Waals surface area contributed by atoms with Crippen LogP contribution in [0.1, 0.15) is 24.1 Å². The van der Waals surface area contributed by atoms with Gasteiger partial charge in [0.1, 0.15) is 17.9 Å². The van der Waals surface area contributed by atoms with E-state index in [-0.39, 0.29) is 17.8 Å². The highest BCUT2D eigenvalue weighted by molar-refractivity contribution is 5.91. The fourth-order valence-electron chi connectivity index (χ4n) is 2.41. The second-order valence-corrected chi connectivity index (χ2v) is 5.86. The standard InChI is InChI=1S/C21H18FN3O2/c1-15(25-21(26)10-7-16-5-8-18(22)9-6-16)17-3-2-4-19(11-17)27-20-12-23-14-24-13-20/h2-15H,1H3,(H,25,26)/b10-7+/t15-/m0/s1. The number of hydrogen-bond acceptors (Lipinski definition) is 4. The summed E-state index contributed by atoms with van der Waals surface area (Å²) in [6.07, 6.45) is 7.64. The number of carbonyl (C=O) groups excluding carboxylic acids is 1. The second kappa shape index (κ2) is 8.71. The Morgan fingerprint density at radius 2 is 1.85 bits per heavy atom. The first-order valence-corrected chi connectivity index (χ1v) is 8.37. The molecule has 1 aromatic heterocycles. The molecule has 0 radical (unpaired) electrons. The minimum Gasteiger partial charge on any atom is -0.454 e. The number of aromatic nitrogens is 2. The van der Waals surface area contributed by atoms with Gasteiger partial charge in [0.25, 0.3) is 0 Å². The lowest BCUT2D eigenvalue weighted by Gasteiger charge is -2.14. The van der Waals surface area contributed by atoms with Gasteiger partial charge >= 0.3 is 0 Å². The van der Waals surface area contributed by atoms with E-state index in [9.17, 15) is 9.18 Å². The van der Waals surface area contributed by atoms with Crippen LogP contribution in [0.25, 0.3) is 6.08 Å². The van der Waals surface area contributed by atoms with E-state index in [0.717, 1.165) is 11.1 Å². The second-order valence-electron chi connectivity index (χ2n) is 5.86. The maximum atomic E-state index is 12.9. The summed E-state index contributed by atoms with van der Waals surface area (Å²) >= 11 is 0. The molecule has 0 spiro atoms. The Morgan fingerprint density at radius 3 is 2.59 bits per heavy atom. The number of ether oxygens (including phenoxy) is 1. The Labute approximate surface area is 156 Å². The van der Waals surface area contributed by atoms with E-state index >= 15 is 0 Å². The molecule has 0 fully saturated rings. The highest BCUT2D eigenvalue weighted by Gasteiger charge is 2.09. The Morgan fingerprint density at radius 1 is 1.11 bits per heavy atom. The van der Waals surface area contributed by atoms with Gasteiger partial charge in [0, 0.05) is 6.08 Å². The van der Waals surface area contributed by atoms with Gasteiger partial charge in [0.05, 0.1) is 18.4 Å². The zero-order chi connectivity index (χ0) is 19.1. The maximum absolute atomic E-state index is 12.9. The summed E-state index contributed by atoms with van der Waals surface area (Å²) in [4.78, 5) is 19.9. The molecule has 6 heteroatoms. The summed E-state index contributed by atoms with van der Waals surface area (Å²) in [6.45, 7) is 1.88. The lowest BCUT2D eigenvalue weighted by Crippen LogP contribution is -2.24. The normalized spacial score (nSPS) is 11.9. The van der Waals surface area contributed by atoms with E-state index in [0.29, 0.717) is 11.5 Å². The van der Waals surface area contributed by atoms with Crippen LogP contribution in [0.15, 0.2) is 73.3 Å². The first-order valence-electron chi connectivity index (χ1n) is 8.37. The van der Waals surface area contributed by atoms with Crippen molar-refractivity contribution in [3.05, 3.63) is 90.3 Å². The average Bonchev–Trinajstić information content (AvgIpc) is 2.68. The van der Waals surface area contributed by atoms with Crippen molar-refractivity contribution < 1.29 is 13.9 Å². The van der Waals surface area contributed by atoms with E-state index in [1.165, 1.54) is 24.5 Å². The number of amides is 1. The summed E-state index contributed by atoms with van der Waals surface area (Å²) in [5.41, 5.74) is 1.65. The topological polar surface area (TPSA) is 64.1 Å². The van der Waals surface area contributed by atoms with Crippen LogP contribution in [0, 0.1) is 5.82 Å². The lowest BCUT2D eigenvalue weighted by atomic mass is 10.1. The van der Waals surface area contributed by atoms with Crippen LogP contribution in [0.3, 0.4) is 0 Å². The van der Waals surface area contributed by atoms with Crippen LogP contribution in [0.5, 0.6) is 11.5 Å². The number of rotatable bonds is 6. The zero-order valence-corrected chi connectivity index (χ0v) is 14.7. The van der Waals surface area contributed by atoms with Gasteiger partial charge in [-0.25, -0.2) is 14.4 Å². The van der Waals surface area contributed by atoms with Crippen molar-refractivity contribution in [2.75, 3.05) is 0 Å². The monoisotopic (exact) mass is 363 g/mol. The molecule has 136 valence electrons. The molecule has 0 unspecified atom stereocenters. The van der Waals surface area contributed by atoms with Gasteiger partial charge in [-0.1, -0.05) is 24.3 Å². The number of halogens is 1. The first-order chi connectivity index (χ1) is 13.1. The molecule has 0 aliphatic rings. The molecule has 1 atom stereocenters. The molecule has 0 saturated carbocycles. The zero-order valence-electron chi connectivity index (χ0n) is 14.7. The van der Waals surface area contributed by atoms with Gasteiger partial charge in [-0.15, -0.1) is 0 Å². The predicted octanol–water partition coefficient (Wildman–Crippen LogP) is 4.30. The van der Waals surface area contributed by atoms with Gasteiger partial charge < -0.3 is 10.1 Å². The molecule has 27 heavy (non-hydrogen) atoms. The number of carbonyl (C=O) groups is 1. The quantitative estimate of drug-likeness (QED) is 0.663. The molecule has 1 heterocycles. The first kappa shape index (κ1) is 18.3. The molecule has 0 saturated heterocycles. The lowest BCUT2D eigenvalue weighted by molar-refractivity contribution is -0.117. The van der Waals surface area contributed by atoms with Crippen LogP contribution >= 0.6 is 0 Å². The molecule has 0 aliphatic carbocycles.